The van der Waals surface area contributed by atoms with Crippen molar-refractivity contribution >= 4 is 17.5 Å². The van der Waals surface area contributed by atoms with Crippen LogP contribution in [0.2, 0.25) is 0 Å². The molecule has 0 aliphatic carbocycles. The van der Waals surface area contributed by atoms with Crippen molar-refractivity contribution in [1.29, 1.82) is 0 Å². The van der Waals surface area contributed by atoms with E-state index in [-0.39, 0.29) is 28.4 Å². The Hall–Kier alpha value is -2.65. The molecule has 150 valence electrons. The van der Waals surface area contributed by atoms with Gasteiger partial charge in [-0.25, -0.2) is 9.50 Å². The van der Waals surface area contributed by atoms with Crippen LogP contribution in [0.15, 0.2) is 12.1 Å². The molecule has 28 heavy (non-hydrogen) atoms. The SMILES string of the molecule is Cc1cc(C(F)(F)F)n2nc(C(=O)N3CCC4(CC3)CC(=O)N(C)C4)cc2n1. The molecule has 2 aromatic heterocycles. The van der Waals surface area contributed by atoms with E-state index in [1.807, 2.05) is 0 Å². The molecular formula is C18H20F3N5O2. The second-order valence-corrected chi connectivity index (χ2v) is 7.80. The average Bonchev–Trinajstić information content (AvgIpc) is 3.14. The van der Waals surface area contributed by atoms with E-state index >= 15 is 0 Å². The first-order valence-corrected chi connectivity index (χ1v) is 9.06. The molecule has 2 saturated heterocycles. The summed E-state index contributed by atoms with van der Waals surface area (Å²) in [5.41, 5.74) is -0.928. The number of carbonyl (C=O) groups excluding carboxylic acids is 2. The van der Waals surface area contributed by atoms with E-state index in [1.54, 1.807) is 16.8 Å². The van der Waals surface area contributed by atoms with Gasteiger partial charge in [-0.2, -0.15) is 18.3 Å². The van der Waals surface area contributed by atoms with E-state index in [0.29, 0.717) is 43.4 Å². The molecule has 0 saturated carbocycles. The first-order chi connectivity index (χ1) is 13.1. The molecule has 7 nitrogen and oxygen atoms in total. The van der Waals surface area contributed by atoms with Gasteiger partial charge in [-0.1, -0.05) is 0 Å². The summed E-state index contributed by atoms with van der Waals surface area (Å²) in [5, 5.41) is 3.89. The Kier molecular flexibility index (Phi) is 4.13. The Bertz CT molecular complexity index is 960. The van der Waals surface area contributed by atoms with E-state index < -0.39 is 17.8 Å². The van der Waals surface area contributed by atoms with Crippen LogP contribution < -0.4 is 0 Å². The van der Waals surface area contributed by atoms with Crippen molar-refractivity contribution in [3.63, 3.8) is 0 Å². The number of fused-ring (bicyclic) bond motifs is 1. The molecule has 0 aromatic carbocycles. The number of hydrogen-bond acceptors (Lipinski definition) is 4. The molecule has 0 bridgehead atoms. The summed E-state index contributed by atoms with van der Waals surface area (Å²) in [4.78, 5) is 32.0. The zero-order valence-electron chi connectivity index (χ0n) is 15.6. The Balaban J connectivity index is 1.56. The molecule has 4 heterocycles. The minimum atomic E-state index is -4.60. The maximum absolute atomic E-state index is 13.3. The van der Waals surface area contributed by atoms with Crippen LogP contribution in [0, 0.1) is 12.3 Å². The number of rotatable bonds is 1. The van der Waals surface area contributed by atoms with Crippen molar-refractivity contribution in [3.8, 4) is 0 Å². The minimum absolute atomic E-state index is 0.00725. The van der Waals surface area contributed by atoms with Crippen molar-refractivity contribution in [2.75, 3.05) is 26.7 Å². The molecule has 0 atom stereocenters. The second kappa shape index (κ2) is 6.18. The number of carbonyl (C=O) groups is 2. The van der Waals surface area contributed by atoms with Crippen LogP contribution in [0.5, 0.6) is 0 Å². The third-order valence-corrected chi connectivity index (χ3v) is 5.70. The first kappa shape index (κ1) is 18.7. The summed E-state index contributed by atoms with van der Waals surface area (Å²) in [5.74, 6) is -0.301. The number of aromatic nitrogens is 3. The lowest BCUT2D eigenvalue weighted by molar-refractivity contribution is -0.142. The zero-order chi connectivity index (χ0) is 20.3. The fourth-order valence-corrected chi connectivity index (χ4v) is 4.19. The van der Waals surface area contributed by atoms with Crippen molar-refractivity contribution in [3.05, 3.63) is 29.2 Å². The minimum Gasteiger partial charge on any atom is -0.345 e. The lowest BCUT2D eigenvalue weighted by Gasteiger charge is -2.38. The lowest BCUT2D eigenvalue weighted by atomic mass is 9.77. The standard InChI is InChI=1S/C18H20F3N5O2/c1-11-7-13(18(19,20)21)26-14(22-11)8-12(23-26)16(28)25-5-3-17(4-6-25)9-15(27)24(2)10-17/h7-8H,3-6,9-10H2,1-2H3. The van der Waals surface area contributed by atoms with Gasteiger partial charge in [0.1, 0.15) is 5.69 Å². The summed E-state index contributed by atoms with van der Waals surface area (Å²) >= 11 is 0. The van der Waals surface area contributed by atoms with Crippen molar-refractivity contribution in [2.45, 2.75) is 32.4 Å². The van der Waals surface area contributed by atoms with E-state index in [0.717, 1.165) is 6.07 Å². The Labute approximate surface area is 159 Å². The third kappa shape index (κ3) is 3.10. The van der Waals surface area contributed by atoms with Crippen LogP contribution >= 0.6 is 0 Å². The highest BCUT2D eigenvalue weighted by molar-refractivity contribution is 5.93. The topological polar surface area (TPSA) is 70.8 Å². The van der Waals surface area contributed by atoms with Gasteiger partial charge >= 0.3 is 6.18 Å². The summed E-state index contributed by atoms with van der Waals surface area (Å²) in [7, 11) is 1.78. The normalized spacial score (nSPS) is 19.8. The summed E-state index contributed by atoms with van der Waals surface area (Å²) in [6.45, 7) is 3.05. The van der Waals surface area contributed by atoms with Crippen molar-refractivity contribution < 1.29 is 22.8 Å². The lowest BCUT2D eigenvalue weighted by Crippen LogP contribution is -2.44. The summed E-state index contributed by atoms with van der Waals surface area (Å²) < 4.78 is 40.5. The Morgan fingerprint density at radius 3 is 2.46 bits per heavy atom. The maximum atomic E-state index is 13.3. The van der Waals surface area contributed by atoms with Crippen molar-refractivity contribution in [2.24, 2.45) is 5.41 Å². The van der Waals surface area contributed by atoms with Gasteiger partial charge in [0, 0.05) is 50.3 Å². The molecule has 0 radical (unpaired) electrons. The van der Waals surface area contributed by atoms with Gasteiger partial charge in [-0.05, 0) is 25.8 Å². The molecule has 4 rings (SSSR count). The van der Waals surface area contributed by atoms with E-state index in [1.165, 1.54) is 13.0 Å². The Morgan fingerprint density at radius 1 is 1.21 bits per heavy atom. The average molecular weight is 395 g/mol. The second-order valence-electron chi connectivity index (χ2n) is 7.80. The fourth-order valence-electron chi connectivity index (χ4n) is 4.19. The van der Waals surface area contributed by atoms with Crippen LogP contribution in [-0.2, 0) is 11.0 Å². The van der Waals surface area contributed by atoms with Gasteiger partial charge in [0.15, 0.2) is 11.3 Å². The van der Waals surface area contributed by atoms with Crippen LogP contribution in [0.3, 0.4) is 0 Å². The molecule has 0 N–H and O–H groups in total. The molecule has 2 aliphatic heterocycles. The van der Waals surface area contributed by atoms with Crippen LogP contribution in [-0.4, -0.2) is 62.9 Å². The molecule has 2 amide bonds. The highest BCUT2D eigenvalue weighted by Gasteiger charge is 2.44. The maximum Gasteiger partial charge on any atom is 0.433 e. The van der Waals surface area contributed by atoms with Gasteiger partial charge in [0.2, 0.25) is 5.91 Å². The predicted octanol–water partition coefficient (Wildman–Crippen LogP) is 2.14. The molecule has 2 aliphatic rings. The summed E-state index contributed by atoms with van der Waals surface area (Å²) in [6.07, 6.45) is -2.74. The number of aryl methyl sites for hydroxylation is 1. The number of hydrogen-bond donors (Lipinski definition) is 0. The van der Waals surface area contributed by atoms with Crippen LogP contribution in [0.1, 0.15) is 41.1 Å². The monoisotopic (exact) mass is 395 g/mol. The van der Waals surface area contributed by atoms with E-state index in [4.69, 9.17) is 0 Å². The molecule has 2 aromatic rings. The highest BCUT2D eigenvalue weighted by atomic mass is 19.4. The van der Waals surface area contributed by atoms with Gasteiger partial charge in [-0.15, -0.1) is 0 Å². The van der Waals surface area contributed by atoms with Gasteiger partial charge in [0.25, 0.3) is 5.91 Å². The van der Waals surface area contributed by atoms with Crippen LogP contribution in [0.4, 0.5) is 13.2 Å². The Morgan fingerprint density at radius 2 is 1.89 bits per heavy atom. The van der Waals surface area contributed by atoms with E-state index in [9.17, 15) is 22.8 Å². The highest BCUT2D eigenvalue weighted by Crippen LogP contribution is 2.40. The summed E-state index contributed by atoms with van der Waals surface area (Å²) in [6, 6.07) is 2.20. The number of alkyl halides is 3. The molecule has 2 fully saturated rings. The molecule has 1 spiro atoms. The molecule has 0 unspecified atom stereocenters. The zero-order valence-corrected chi connectivity index (χ0v) is 15.6. The number of piperidine rings is 1. The quantitative estimate of drug-likeness (QED) is 0.742. The predicted molar refractivity (Wildman–Crippen MR) is 92.6 cm³/mol. The van der Waals surface area contributed by atoms with Crippen molar-refractivity contribution in [1.82, 2.24) is 24.4 Å². The number of nitrogens with zero attached hydrogens (tertiary/aromatic N) is 5. The number of halogens is 3. The largest absolute Gasteiger partial charge is 0.433 e. The fraction of sp³-hybridized carbons (Fsp3) is 0.556. The molecular weight excluding hydrogens is 375 g/mol. The number of likely N-dealkylation sites (tertiary alicyclic amines) is 2. The van der Waals surface area contributed by atoms with E-state index in [2.05, 4.69) is 10.1 Å². The number of amides is 2. The van der Waals surface area contributed by atoms with Gasteiger partial charge < -0.3 is 9.80 Å². The molecule has 10 heteroatoms. The third-order valence-electron chi connectivity index (χ3n) is 5.70. The first-order valence-electron chi connectivity index (χ1n) is 9.06. The van der Waals surface area contributed by atoms with Crippen LogP contribution in [0.25, 0.3) is 5.65 Å². The van der Waals surface area contributed by atoms with Gasteiger partial charge in [-0.3, -0.25) is 9.59 Å². The van der Waals surface area contributed by atoms with Gasteiger partial charge in [0.05, 0.1) is 0 Å². The smallest absolute Gasteiger partial charge is 0.345 e.